The molecule has 1 aromatic carbocycles. The van der Waals surface area contributed by atoms with E-state index in [1.54, 1.807) is 18.2 Å². The van der Waals surface area contributed by atoms with Crippen LogP contribution in [0.25, 0.3) is 0 Å². The van der Waals surface area contributed by atoms with Gasteiger partial charge >= 0.3 is 0 Å². The van der Waals surface area contributed by atoms with Crippen LogP contribution in [0.4, 0.5) is 5.95 Å². The molecule has 1 aliphatic heterocycles. The molecule has 0 unspecified atom stereocenters. The minimum absolute atomic E-state index is 0.153. The van der Waals surface area contributed by atoms with Gasteiger partial charge in [-0.15, -0.1) is 0 Å². The molecule has 1 aromatic heterocycles. The first-order valence-corrected chi connectivity index (χ1v) is 9.58. The highest BCUT2D eigenvalue weighted by atomic mass is 32.2. The van der Waals surface area contributed by atoms with E-state index in [0.717, 1.165) is 37.2 Å². The van der Waals surface area contributed by atoms with Crippen molar-refractivity contribution in [3.63, 3.8) is 0 Å². The summed E-state index contributed by atoms with van der Waals surface area (Å²) in [4.78, 5) is 11.4. The Morgan fingerprint density at radius 2 is 1.88 bits per heavy atom. The third-order valence-corrected chi connectivity index (χ3v) is 5.43. The van der Waals surface area contributed by atoms with Gasteiger partial charge < -0.3 is 4.90 Å². The van der Waals surface area contributed by atoms with Gasteiger partial charge in [-0.1, -0.05) is 12.1 Å². The molecular formula is C17H22N4O2S. The van der Waals surface area contributed by atoms with Gasteiger partial charge in [-0.05, 0) is 50.5 Å². The molecule has 128 valence electrons. The highest BCUT2D eigenvalue weighted by Gasteiger charge is 2.17. The standard InChI is InChI=1S/C17H22N4O2S/c1-13-6-5-7-16(10-13)24(22,23)18-12-15-11-14(2)19-17(20-15)21-8-3-4-9-21/h5-7,10-11,18H,3-4,8-9,12H2,1-2H3. The Labute approximate surface area is 143 Å². The molecule has 6 nitrogen and oxygen atoms in total. The van der Waals surface area contributed by atoms with Crippen molar-refractivity contribution in [1.82, 2.24) is 14.7 Å². The molecule has 2 aromatic rings. The van der Waals surface area contributed by atoms with E-state index < -0.39 is 10.0 Å². The van der Waals surface area contributed by atoms with Crippen molar-refractivity contribution in [1.29, 1.82) is 0 Å². The molecule has 1 fully saturated rings. The molecule has 0 bridgehead atoms. The smallest absolute Gasteiger partial charge is 0.240 e. The molecule has 0 atom stereocenters. The normalized spacial score (nSPS) is 15.0. The molecule has 1 saturated heterocycles. The number of benzene rings is 1. The van der Waals surface area contributed by atoms with E-state index in [-0.39, 0.29) is 11.4 Å². The monoisotopic (exact) mass is 346 g/mol. The summed E-state index contributed by atoms with van der Waals surface area (Å²) in [5.74, 6) is 0.692. The van der Waals surface area contributed by atoms with Crippen LogP contribution in [0, 0.1) is 13.8 Å². The van der Waals surface area contributed by atoms with E-state index in [0.29, 0.717) is 11.6 Å². The van der Waals surface area contributed by atoms with Crippen LogP contribution in [0.5, 0.6) is 0 Å². The van der Waals surface area contributed by atoms with E-state index in [2.05, 4.69) is 19.6 Å². The maximum atomic E-state index is 12.4. The maximum Gasteiger partial charge on any atom is 0.240 e. The second kappa shape index (κ2) is 6.86. The fourth-order valence-corrected chi connectivity index (χ4v) is 3.90. The number of aryl methyl sites for hydroxylation is 2. The lowest BCUT2D eigenvalue weighted by Gasteiger charge is -2.16. The van der Waals surface area contributed by atoms with Crippen LogP contribution < -0.4 is 9.62 Å². The lowest BCUT2D eigenvalue weighted by atomic mass is 10.2. The van der Waals surface area contributed by atoms with Gasteiger partial charge in [0.1, 0.15) is 0 Å². The summed E-state index contributed by atoms with van der Waals surface area (Å²) < 4.78 is 27.5. The average Bonchev–Trinajstić information content (AvgIpc) is 3.07. The van der Waals surface area contributed by atoms with E-state index in [1.807, 2.05) is 26.0 Å². The third-order valence-electron chi connectivity index (χ3n) is 4.03. The molecule has 0 spiro atoms. The Bertz CT molecular complexity index is 830. The Morgan fingerprint density at radius 3 is 2.58 bits per heavy atom. The number of hydrogen-bond acceptors (Lipinski definition) is 5. The van der Waals surface area contributed by atoms with Crippen molar-refractivity contribution in [3.05, 3.63) is 47.3 Å². The van der Waals surface area contributed by atoms with Crippen molar-refractivity contribution < 1.29 is 8.42 Å². The van der Waals surface area contributed by atoms with Crippen LogP contribution in [0.1, 0.15) is 29.8 Å². The molecule has 3 rings (SSSR count). The summed E-state index contributed by atoms with van der Waals surface area (Å²) in [5, 5.41) is 0. The highest BCUT2D eigenvalue weighted by molar-refractivity contribution is 7.89. The van der Waals surface area contributed by atoms with Crippen molar-refractivity contribution in [2.75, 3.05) is 18.0 Å². The number of hydrogen-bond donors (Lipinski definition) is 1. The van der Waals surface area contributed by atoms with E-state index >= 15 is 0 Å². The molecule has 0 amide bonds. The van der Waals surface area contributed by atoms with Crippen molar-refractivity contribution in [3.8, 4) is 0 Å². The van der Waals surface area contributed by atoms with Gasteiger partial charge in [0, 0.05) is 18.8 Å². The van der Waals surface area contributed by atoms with Gasteiger partial charge in [-0.2, -0.15) is 0 Å². The van der Waals surface area contributed by atoms with Crippen LogP contribution in [-0.2, 0) is 16.6 Å². The molecular weight excluding hydrogens is 324 g/mol. The number of nitrogens with zero attached hydrogens (tertiary/aromatic N) is 3. The van der Waals surface area contributed by atoms with Crippen molar-refractivity contribution in [2.24, 2.45) is 0 Å². The molecule has 24 heavy (non-hydrogen) atoms. The van der Waals surface area contributed by atoms with E-state index in [1.165, 1.54) is 0 Å². The molecule has 0 saturated carbocycles. The SMILES string of the molecule is Cc1cccc(S(=O)(=O)NCc2cc(C)nc(N3CCCC3)n2)c1. The van der Waals surface area contributed by atoms with Gasteiger partial charge in [-0.25, -0.2) is 23.1 Å². The third kappa shape index (κ3) is 3.91. The number of sulfonamides is 1. The summed E-state index contributed by atoms with van der Waals surface area (Å²) in [6.45, 7) is 5.84. The highest BCUT2D eigenvalue weighted by Crippen LogP contribution is 2.17. The molecule has 2 heterocycles. The number of aromatic nitrogens is 2. The van der Waals surface area contributed by atoms with Crippen LogP contribution >= 0.6 is 0 Å². The summed E-state index contributed by atoms with van der Waals surface area (Å²) in [7, 11) is -3.55. The summed E-state index contributed by atoms with van der Waals surface area (Å²) >= 11 is 0. The predicted molar refractivity (Wildman–Crippen MR) is 93.4 cm³/mol. The second-order valence-corrected chi connectivity index (χ2v) is 7.90. The Hall–Kier alpha value is -1.99. The van der Waals surface area contributed by atoms with Gasteiger partial charge in [0.2, 0.25) is 16.0 Å². The minimum Gasteiger partial charge on any atom is -0.341 e. The van der Waals surface area contributed by atoms with Crippen molar-refractivity contribution in [2.45, 2.75) is 38.1 Å². The fraction of sp³-hybridized carbons (Fsp3) is 0.412. The van der Waals surface area contributed by atoms with Gasteiger partial charge in [0.25, 0.3) is 0 Å². The van der Waals surface area contributed by atoms with Crippen molar-refractivity contribution >= 4 is 16.0 Å². The number of anilines is 1. The minimum atomic E-state index is -3.55. The topological polar surface area (TPSA) is 75.2 Å². The van der Waals surface area contributed by atoms with Gasteiger partial charge in [-0.3, -0.25) is 0 Å². The Balaban J connectivity index is 1.76. The van der Waals surface area contributed by atoms with E-state index in [4.69, 9.17) is 0 Å². The lowest BCUT2D eigenvalue weighted by molar-refractivity contribution is 0.580. The number of nitrogens with one attached hydrogen (secondary N) is 1. The summed E-state index contributed by atoms with van der Waals surface area (Å²) in [6, 6.07) is 8.68. The fourth-order valence-electron chi connectivity index (χ4n) is 2.80. The zero-order valence-corrected chi connectivity index (χ0v) is 14.8. The average molecular weight is 346 g/mol. The first-order valence-electron chi connectivity index (χ1n) is 8.10. The molecule has 0 aliphatic carbocycles. The largest absolute Gasteiger partial charge is 0.341 e. The molecule has 0 radical (unpaired) electrons. The molecule has 1 aliphatic rings. The lowest BCUT2D eigenvalue weighted by Crippen LogP contribution is -2.25. The summed E-state index contributed by atoms with van der Waals surface area (Å²) in [5.41, 5.74) is 2.43. The van der Waals surface area contributed by atoms with E-state index in [9.17, 15) is 8.42 Å². The summed E-state index contributed by atoms with van der Waals surface area (Å²) in [6.07, 6.45) is 2.29. The van der Waals surface area contributed by atoms with Crippen LogP contribution in [0.15, 0.2) is 35.2 Å². The predicted octanol–water partition coefficient (Wildman–Crippen LogP) is 2.17. The van der Waals surface area contributed by atoms with Crippen LogP contribution in [0.2, 0.25) is 0 Å². The quantitative estimate of drug-likeness (QED) is 0.898. The Morgan fingerprint density at radius 1 is 1.12 bits per heavy atom. The first kappa shape index (κ1) is 16.9. The Kier molecular flexibility index (Phi) is 4.82. The van der Waals surface area contributed by atoms with Crippen LogP contribution in [0.3, 0.4) is 0 Å². The first-order chi connectivity index (χ1) is 11.4. The zero-order chi connectivity index (χ0) is 17.2. The van der Waals surface area contributed by atoms with Gasteiger partial charge in [0.05, 0.1) is 17.1 Å². The zero-order valence-electron chi connectivity index (χ0n) is 14.0. The van der Waals surface area contributed by atoms with Crippen LogP contribution in [-0.4, -0.2) is 31.5 Å². The maximum absolute atomic E-state index is 12.4. The molecule has 1 N–H and O–H groups in total. The van der Waals surface area contributed by atoms with Gasteiger partial charge in [0.15, 0.2) is 0 Å². The number of rotatable bonds is 5. The molecule has 7 heteroatoms. The second-order valence-electron chi connectivity index (χ2n) is 6.14.